The smallest absolute Gasteiger partial charge is 0.246 e. The second-order valence-electron chi connectivity index (χ2n) is 15.4. The molecule has 10 nitrogen and oxygen atoms in total. The predicted octanol–water partition coefficient (Wildman–Crippen LogP) is 11.0. The molecule has 60 heavy (non-hydrogen) atoms. The molecule has 0 bridgehead atoms. The Morgan fingerprint density at radius 1 is 0.500 bits per heavy atom. The van der Waals surface area contributed by atoms with Gasteiger partial charge in [-0.25, -0.2) is 0 Å². The Balaban J connectivity index is 0.953. The first-order chi connectivity index (χ1) is 29.1. The van der Waals surface area contributed by atoms with Crippen LogP contribution in [0.2, 0.25) is 0 Å². The lowest BCUT2D eigenvalue weighted by atomic mass is 10.0. The van der Waals surface area contributed by atoms with Crippen LogP contribution in [-0.4, -0.2) is 75.2 Å². The zero-order chi connectivity index (χ0) is 43.0. The van der Waals surface area contributed by atoms with Crippen molar-refractivity contribution in [3.05, 3.63) is 59.2 Å². The van der Waals surface area contributed by atoms with E-state index in [2.05, 4.69) is 81.4 Å². The zero-order valence-electron chi connectivity index (χ0n) is 35.2. The predicted molar refractivity (Wildman–Crippen MR) is 266 cm³/mol. The van der Waals surface area contributed by atoms with Gasteiger partial charge in [0.05, 0.1) is 30.2 Å². The van der Waals surface area contributed by atoms with E-state index >= 15 is 0 Å². The Kier molecular flexibility index (Phi) is 26.0. The molecule has 0 saturated carbocycles. The molecule has 4 heterocycles. The van der Waals surface area contributed by atoms with E-state index in [1.54, 1.807) is 94.1 Å². The summed E-state index contributed by atoms with van der Waals surface area (Å²) in [6.07, 6.45) is 12.1. The number of thioether (sulfide) groups is 8. The maximum Gasteiger partial charge on any atom is 0.246 e. The first kappa shape index (κ1) is 51.7. The summed E-state index contributed by atoms with van der Waals surface area (Å²) in [5.41, 5.74) is 0. The number of unbranched alkanes of at least 4 members (excludes halogenated alkanes) is 9. The van der Waals surface area contributed by atoms with Crippen LogP contribution in [-0.2, 0) is 28.7 Å². The molecule has 0 fully saturated rings. The monoisotopic (exact) mass is 974 g/mol. The first-order valence-corrected chi connectivity index (χ1v) is 27.8. The van der Waals surface area contributed by atoms with E-state index in [1.165, 1.54) is 42.6 Å². The Bertz CT molecular complexity index is 1480. The second kappa shape index (κ2) is 30.2. The van der Waals surface area contributed by atoms with Crippen molar-refractivity contribution >= 4 is 118 Å². The summed E-state index contributed by atoms with van der Waals surface area (Å²) in [4.78, 5) is 53.4. The lowest BCUT2D eigenvalue weighted by Crippen LogP contribution is -2.48. The topological polar surface area (TPSA) is 135 Å². The Hall–Kier alpha value is -0.960. The van der Waals surface area contributed by atoms with E-state index < -0.39 is 12.1 Å². The number of nitrogens with one attached hydrogen (secondary N) is 4. The van der Waals surface area contributed by atoms with E-state index in [-0.39, 0.29) is 48.7 Å². The Morgan fingerprint density at radius 3 is 1.20 bits per heavy atom. The molecule has 0 spiro atoms. The van der Waals surface area contributed by atoms with Gasteiger partial charge in [-0.2, -0.15) is 0 Å². The third kappa shape index (κ3) is 21.1. The minimum absolute atomic E-state index is 0.0758. The summed E-state index contributed by atoms with van der Waals surface area (Å²) >= 11 is 13.7. The molecule has 0 aromatic heterocycles. The van der Waals surface area contributed by atoms with Gasteiger partial charge >= 0.3 is 0 Å². The molecule has 4 aliphatic heterocycles. The molecular weight excluding hydrogens is 913 g/mol. The van der Waals surface area contributed by atoms with Gasteiger partial charge in [0.15, 0.2) is 0 Å². The van der Waals surface area contributed by atoms with Crippen LogP contribution in [0.5, 0.6) is 0 Å². The number of hydrogen-bond donors (Lipinski definition) is 4. The van der Waals surface area contributed by atoms with Crippen molar-refractivity contribution in [2.24, 2.45) is 11.8 Å². The fraction of sp³-hybridized carbons (Fsp3) is 0.619. The third-order valence-corrected chi connectivity index (χ3v) is 19.1. The number of hydrogen-bond acceptors (Lipinski definition) is 14. The summed E-state index contributed by atoms with van der Waals surface area (Å²) < 4.78 is 16.5. The van der Waals surface area contributed by atoms with Crippen molar-refractivity contribution in [3.63, 3.8) is 0 Å². The van der Waals surface area contributed by atoms with E-state index in [1.807, 2.05) is 0 Å². The van der Waals surface area contributed by atoms with Gasteiger partial charge in [0.25, 0.3) is 0 Å². The molecule has 0 saturated heterocycles. The molecule has 4 rings (SSSR count). The molecule has 334 valence electrons. The van der Waals surface area contributed by atoms with E-state index in [9.17, 15) is 19.2 Å². The van der Waals surface area contributed by atoms with Crippen LogP contribution in [0.1, 0.15) is 105 Å². The SMILES string of the molecule is CC(C)C[C@H](NC(=O)COCC1=CSC(=C2SC=CS2)S1)C(=O)NCCCCCCCCCCCCNC(=O)[C@H](CC(C)C)NC(=O)COCC1=CSC(=C2SC=CS2)S1. The van der Waals surface area contributed by atoms with Crippen molar-refractivity contribution in [2.45, 2.75) is 117 Å². The average molecular weight is 976 g/mol. The fourth-order valence-electron chi connectivity index (χ4n) is 6.19. The van der Waals surface area contributed by atoms with Crippen LogP contribution in [0.3, 0.4) is 0 Å². The fourth-order valence-corrected chi connectivity index (χ4v) is 15.0. The molecule has 4 amide bonds. The maximum absolute atomic E-state index is 13.0. The van der Waals surface area contributed by atoms with Gasteiger partial charge in [-0.05, 0) is 70.0 Å². The quantitative estimate of drug-likeness (QED) is 0.0530. The van der Waals surface area contributed by atoms with Crippen LogP contribution in [0.4, 0.5) is 0 Å². The summed E-state index contributed by atoms with van der Waals surface area (Å²) in [5.74, 6) is -0.268. The normalized spacial score (nSPS) is 17.2. The highest BCUT2D eigenvalue weighted by molar-refractivity contribution is 8.34. The van der Waals surface area contributed by atoms with Gasteiger partial charge in [0.2, 0.25) is 23.6 Å². The van der Waals surface area contributed by atoms with Gasteiger partial charge in [0, 0.05) is 22.9 Å². The van der Waals surface area contributed by atoms with Gasteiger partial charge < -0.3 is 30.7 Å². The zero-order valence-corrected chi connectivity index (χ0v) is 41.7. The van der Waals surface area contributed by atoms with E-state index in [0.29, 0.717) is 39.1 Å². The van der Waals surface area contributed by atoms with Crippen LogP contribution in [0, 0.1) is 11.8 Å². The van der Waals surface area contributed by atoms with Gasteiger partial charge in [-0.15, -0.1) is 0 Å². The van der Waals surface area contributed by atoms with Crippen LogP contribution in [0.15, 0.2) is 59.2 Å². The van der Waals surface area contributed by atoms with Gasteiger partial charge in [-0.1, -0.05) is 173 Å². The molecule has 4 aliphatic rings. The number of ether oxygens (including phenoxy) is 2. The summed E-state index contributed by atoms with van der Waals surface area (Å²) in [7, 11) is 0. The average Bonchev–Trinajstić information content (AvgIpc) is 4.06. The molecule has 0 aromatic rings. The number of carbonyl (C=O) groups is 4. The third-order valence-electron chi connectivity index (χ3n) is 9.06. The van der Waals surface area contributed by atoms with Gasteiger partial charge in [-0.3, -0.25) is 19.2 Å². The van der Waals surface area contributed by atoms with Crippen molar-refractivity contribution in [1.82, 2.24) is 21.3 Å². The number of carbonyl (C=O) groups excluding carboxylic acids is 4. The van der Waals surface area contributed by atoms with E-state index in [0.717, 1.165) is 48.3 Å². The molecule has 0 aliphatic carbocycles. The van der Waals surface area contributed by atoms with Crippen molar-refractivity contribution in [1.29, 1.82) is 0 Å². The molecule has 0 aromatic carbocycles. The van der Waals surface area contributed by atoms with E-state index in [4.69, 9.17) is 9.47 Å². The van der Waals surface area contributed by atoms with Crippen LogP contribution >= 0.6 is 94.1 Å². The lowest BCUT2D eigenvalue weighted by Gasteiger charge is -2.20. The van der Waals surface area contributed by atoms with Crippen molar-refractivity contribution < 1.29 is 28.7 Å². The largest absolute Gasteiger partial charge is 0.366 e. The molecule has 2 atom stereocenters. The summed E-state index contributed by atoms with van der Waals surface area (Å²) in [5, 5.41) is 24.3. The minimum atomic E-state index is -0.567. The van der Waals surface area contributed by atoms with Crippen molar-refractivity contribution in [2.75, 3.05) is 39.5 Å². The minimum Gasteiger partial charge on any atom is -0.366 e. The standard InChI is InChI=1S/C42H62N4O6S8/c1-29(2)21-33(45-35(47)25-51-23-31-27-57-41(59-31)39-53-17-18-54-39)37(49)43-15-13-11-9-7-5-6-8-10-12-14-16-44-38(50)34(22-30(3)4)46-36(48)26-52-24-32-28-58-42(60-32)40-55-19-20-56-40/h17-20,27-30,33-34H,5-16,21-26H2,1-4H3,(H,43,49)(H,44,50)(H,45,47)(H,46,48)/t33-,34-/m0/s1. The summed E-state index contributed by atoms with van der Waals surface area (Å²) in [6, 6.07) is -1.13. The number of rotatable bonds is 29. The number of amides is 4. The highest BCUT2D eigenvalue weighted by Gasteiger charge is 2.25. The second-order valence-corrected chi connectivity index (χ2v) is 24.1. The highest BCUT2D eigenvalue weighted by Crippen LogP contribution is 2.54. The van der Waals surface area contributed by atoms with Crippen LogP contribution < -0.4 is 21.3 Å². The van der Waals surface area contributed by atoms with Gasteiger partial charge in [0.1, 0.15) is 25.3 Å². The Morgan fingerprint density at radius 2 is 0.850 bits per heavy atom. The summed E-state index contributed by atoms with van der Waals surface area (Å²) in [6.45, 7) is 10.0. The molecule has 0 unspecified atom stereocenters. The van der Waals surface area contributed by atoms with Crippen LogP contribution in [0.25, 0.3) is 0 Å². The maximum atomic E-state index is 13.0. The molecule has 4 N–H and O–H groups in total. The Labute approximate surface area is 392 Å². The lowest BCUT2D eigenvalue weighted by molar-refractivity contribution is -0.131. The van der Waals surface area contributed by atoms with Crippen molar-refractivity contribution in [3.8, 4) is 0 Å². The highest BCUT2D eigenvalue weighted by atomic mass is 32.2. The molecule has 18 heteroatoms. The first-order valence-electron chi connectivity index (χ1n) is 20.9. The molecule has 0 radical (unpaired) electrons. The molecular formula is C42H62N4O6S8.